The van der Waals surface area contributed by atoms with Crippen LogP contribution in [0.15, 0.2) is 60.9 Å². The van der Waals surface area contributed by atoms with E-state index >= 15 is 0 Å². The Morgan fingerprint density at radius 2 is 1.84 bits per heavy atom. The minimum absolute atomic E-state index is 0.0423. The number of rotatable bonds is 9. The Morgan fingerprint density at radius 1 is 1.02 bits per heavy atom. The topological polar surface area (TPSA) is 159 Å². The van der Waals surface area contributed by atoms with Crippen LogP contribution in [-0.4, -0.2) is 83.1 Å². The number of nitrogens with one attached hydrogen (secondary N) is 2. The monoisotopic (exact) mass is 598 g/mol. The van der Waals surface area contributed by atoms with Crippen molar-refractivity contribution in [2.75, 3.05) is 57.3 Å². The highest BCUT2D eigenvalue weighted by Crippen LogP contribution is 2.38. The van der Waals surface area contributed by atoms with Gasteiger partial charge in [0.15, 0.2) is 5.75 Å². The number of para-hydroxylation sites is 1. The van der Waals surface area contributed by atoms with Gasteiger partial charge in [-0.05, 0) is 55.3 Å². The largest absolute Gasteiger partial charge is 0.494 e. The van der Waals surface area contributed by atoms with Crippen molar-refractivity contribution in [1.29, 1.82) is 0 Å². The molecule has 0 saturated carbocycles. The zero-order valence-corrected chi connectivity index (χ0v) is 24.4. The van der Waals surface area contributed by atoms with Crippen molar-refractivity contribution in [3.05, 3.63) is 72.1 Å². The predicted octanol–water partition coefficient (Wildman–Crippen LogP) is 3.76. The molecule has 0 spiro atoms. The smallest absolute Gasteiger partial charge is 0.254 e. The van der Waals surface area contributed by atoms with Crippen molar-refractivity contribution >= 4 is 35.0 Å². The molecule has 6 rings (SSSR count). The van der Waals surface area contributed by atoms with Gasteiger partial charge in [-0.15, -0.1) is 0 Å². The van der Waals surface area contributed by atoms with E-state index in [1.165, 1.54) is 6.20 Å². The fourth-order valence-electron chi connectivity index (χ4n) is 5.29. The number of morpholine rings is 1. The lowest BCUT2D eigenvalue weighted by Crippen LogP contribution is -2.40. The molecule has 228 valence electrons. The van der Waals surface area contributed by atoms with Crippen molar-refractivity contribution in [2.45, 2.75) is 18.9 Å². The lowest BCUT2D eigenvalue weighted by Gasteiger charge is -2.26. The number of anilines is 4. The van der Waals surface area contributed by atoms with Gasteiger partial charge in [0.05, 0.1) is 44.4 Å². The standard InChI is InChI=1S/C31H34N8O5/c1-42-27-23(25-11-12-39(37-25)22-4-3-15-44-19-22)5-2-6-26(27)35-29-24(28(32)40)18-33-31(36-29)34-21-9-7-20(8-10-21)30(41)38-13-16-43-17-14-38/h2,5-12,18,22H,3-4,13-17,19H2,1H3,(H2,32,40)(H2,33,34,35,36)/t22-/m0/s1. The van der Waals surface area contributed by atoms with Crippen LogP contribution in [0.1, 0.15) is 39.6 Å². The molecule has 2 fully saturated rings. The predicted molar refractivity (Wildman–Crippen MR) is 164 cm³/mol. The van der Waals surface area contributed by atoms with E-state index < -0.39 is 5.91 Å². The summed E-state index contributed by atoms with van der Waals surface area (Å²) < 4.78 is 18.7. The van der Waals surface area contributed by atoms with Crippen molar-refractivity contribution < 1.29 is 23.8 Å². The average molecular weight is 599 g/mol. The fraction of sp³-hybridized carbons (Fsp3) is 0.323. The van der Waals surface area contributed by atoms with Crippen molar-refractivity contribution in [3.8, 4) is 17.0 Å². The van der Waals surface area contributed by atoms with Gasteiger partial charge < -0.3 is 35.5 Å². The van der Waals surface area contributed by atoms with Crippen LogP contribution in [0.3, 0.4) is 0 Å². The molecular weight excluding hydrogens is 564 g/mol. The normalized spacial score (nSPS) is 16.8. The zero-order valence-electron chi connectivity index (χ0n) is 24.4. The summed E-state index contributed by atoms with van der Waals surface area (Å²) in [5.74, 6) is 0.234. The quantitative estimate of drug-likeness (QED) is 0.259. The van der Waals surface area contributed by atoms with Gasteiger partial charge in [0.1, 0.15) is 11.4 Å². The Labute approximate surface area is 254 Å². The van der Waals surface area contributed by atoms with Crippen LogP contribution in [0.25, 0.3) is 11.3 Å². The second-order valence-electron chi connectivity index (χ2n) is 10.5. The maximum absolute atomic E-state index is 12.8. The molecule has 2 aromatic carbocycles. The van der Waals surface area contributed by atoms with Gasteiger partial charge in [-0.25, -0.2) is 4.98 Å². The van der Waals surface area contributed by atoms with Crippen LogP contribution in [-0.2, 0) is 9.47 Å². The molecule has 4 N–H and O–H groups in total. The summed E-state index contributed by atoms with van der Waals surface area (Å²) in [5.41, 5.74) is 9.10. The first-order valence-corrected chi connectivity index (χ1v) is 14.5. The average Bonchev–Trinajstić information content (AvgIpc) is 3.56. The molecule has 2 aromatic heterocycles. The summed E-state index contributed by atoms with van der Waals surface area (Å²) in [5, 5.41) is 11.1. The number of primary amides is 1. The number of amides is 2. The minimum Gasteiger partial charge on any atom is -0.494 e. The highest BCUT2D eigenvalue weighted by molar-refractivity contribution is 5.98. The second-order valence-corrected chi connectivity index (χ2v) is 10.5. The Kier molecular flexibility index (Phi) is 8.66. The lowest BCUT2D eigenvalue weighted by atomic mass is 10.1. The van der Waals surface area contributed by atoms with Gasteiger partial charge >= 0.3 is 0 Å². The third-order valence-electron chi connectivity index (χ3n) is 7.61. The van der Waals surface area contributed by atoms with E-state index in [1.807, 2.05) is 35.1 Å². The van der Waals surface area contributed by atoms with Gasteiger partial charge in [-0.1, -0.05) is 6.07 Å². The van der Waals surface area contributed by atoms with Gasteiger partial charge in [0.25, 0.3) is 11.8 Å². The summed E-state index contributed by atoms with van der Waals surface area (Å²) in [6.07, 6.45) is 5.32. The number of hydrogen-bond acceptors (Lipinski definition) is 10. The second kappa shape index (κ2) is 13.1. The number of carbonyl (C=O) groups is 2. The summed E-state index contributed by atoms with van der Waals surface area (Å²) >= 11 is 0. The maximum Gasteiger partial charge on any atom is 0.254 e. The molecule has 2 aliphatic heterocycles. The minimum atomic E-state index is -0.686. The van der Waals surface area contributed by atoms with E-state index in [0.717, 1.165) is 30.7 Å². The molecule has 0 unspecified atom stereocenters. The number of nitrogens with two attached hydrogens (primary N) is 1. The van der Waals surface area contributed by atoms with E-state index in [1.54, 1.807) is 36.3 Å². The summed E-state index contributed by atoms with van der Waals surface area (Å²) in [6, 6.07) is 14.8. The highest BCUT2D eigenvalue weighted by Gasteiger charge is 2.21. The Balaban J connectivity index is 1.23. The molecule has 4 heterocycles. The van der Waals surface area contributed by atoms with Gasteiger partial charge in [-0.3, -0.25) is 14.3 Å². The van der Waals surface area contributed by atoms with Gasteiger partial charge in [0, 0.05) is 48.9 Å². The van der Waals surface area contributed by atoms with Crippen LogP contribution in [0.5, 0.6) is 5.75 Å². The van der Waals surface area contributed by atoms with Crippen LogP contribution in [0.4, 0.5) is 23.1 Å². The molecule has 0 bridgehead atoms. The van der Waals surface area contributed by atoms with E-state index in [9.17, 15) is 9.59 Å². The van der Waals surface area contributed by atoms with E-state index in [4.69, 9.17) is 25.0 Å². The van der Waals surface area contributed by atoms with Crippen LogP contribution in [0.2, 0.25) is 0 Å². The third kappa shape index (κ3) is 6.33. The first-order valence-electron chi connectivity index (χ1n) is 14.5. The molecule has 2 saturated heterocycles. The number of methoxy groups -OCH3 is 1. The number of benzene rings is 2. The maximum atomic E-state index is 12.8. The van der Waals surface area contributed by atoms with Gasteiger partial charge in [-0.2, -0.15) is 10.1 Å². The fourth-order valence-corrected chi connectivity index (χ4v) is 5.29. The molecule has 0 aliphatic carbocycles. The first-order chi connectivity index (χ1) is 21.5. The third-order valence-corrected chi connectivity index (χ3v) is 7.61. The Morgan fingerprint density at radius 3 is 2.57 bits per heavy atom. The molecular formula is C31H34N8O5. The number of nitrogens with zero attached hydrogens (tertiary/aromatic N) is 5. The van der Waals surface area contributed by atoms with Crippen molar-refractivity contribution in [3.63, 3.8) is 0 Å². The van der Waals surface area contributed by atoms with Crippen LogP contribution >= 0.6 is 0 Å². The van der Waals surface area contributed by atoms with E-state index in [0.29, 0.717) is 55.6 Å². The molecule has 44 heavy (non-hydrogen) atoms. The molecule has 2 aliphatic rings. The SMILES string of the molecule is COc1c(Nc2nc(Nc3ccc(C(=O)N4CCOCC4)cc3)ncc2C(N)=O)cccc1-c1ccn([C@H]2CCCOC2)n1. The van der Waals surface area contributed by atoms with Crippen molar-refractivity contribution in [2.24, 2.45) is 5.73 Å². The molecule has 13 heteroatoms. The van der Waals surface area contributed by atoms with Crippen molar-refractivity contribution in [1.82, 2.24) is 24.6 Å². The first kappa shape index (κ1) is 29.1. The summed E-state index contributed by atoms with van der Waals surface area (Å²) in [7, 11) is 1.57. The van der Waals surface area contributed by atoms with E-state index in [2.05, 4.69) is 20.6 Å². The summed E-state index contributed by atoms with van der Waals surface area (Å²) in [6.45, 7) is 3.64. The number of ether oxygens (including phenoxy) is 3. The Hall–Kier alpha value is -5.01. The molecule has 1 atom stereocenters. The zero-order chi connectivity index (χ0) is 30.5. The molecule has 2 amide bonds. The molecule has 4 aromatic rings. The summed E-state index contributed by atoms with van der Waals surface area (Å²) in [4.78, 5) is 35.7. The van der Waals surface area contributed by atoms with Gasteiger partial charge in [0.2, 0.25) is 5.95 Å². The lowest BCUT2D eigenvalue weighted by molar-refractivity contribution is 0.0303. The number of carbonyl (C=O) groups excluding carboxylic acids is 2. The van der Waals surface area contributed by atoms with Crippen LogP contribution in [0, 0.1) is 0 Å². The van der Waals surface area contributed by atoms with E-state index in [-0.39, 0.29) is 29.3 Å². The molecule has 13 nitrogen and oxygen atoms in total. The molecule has 0 radical (unpaired) electrons. The highest BCUT2D eigenvalue weighted by atomic mass is 16.5. The number of aromatic nitrogens is 4. The van der Waals surface area contributed by atoms with Crippen LogP contribution < -0.4 is 21.1 Å². The Bertz CT molecular complexity index is 1630. The number of hydrogen-bond donors (Lipinski definition) is 3.